The van der Waals surface area contributed by atoms with Crippen LogP contribution in [0.15, 0.2) is 0 Å². The third-order valence-electron chi connectivity index (χ3n) is 3.67. The standard InChI is InChI=1S/C14H29NS/c1-4-16-10-6-9-13-7-5-8-14(13)11-15-12(2)3/h12-15H,4-11H2,1-3H3. The average Bonchev–Trinajstić information content (AvgIpc) is 2.69. The molecule has 0 aromatic heterocycles. The molecule has 0 radical (unpaired) electrons. The zero-order valence-corrected chi connectivity index (χ0v) is 12.1. The summed E-state index contributed by atoms with van der Waals surface area (Å²) in [5.41, 5.74) is 0. The highest BCUT2D eigenvalue weighted by Crippen LogP contribution is 2.34. The molecule has 0 amide bonds. The second-order valence-corrected chi connectivity index (χ2v) is 6.75. The van der Waals surface area contributed by atoms with Crippen LogP contribution in [0.2, 0.25) is 0 Å². The van der Waals surface area contributed by atoms with Crippen molar-refractivity contribution in [2.24, 2.45) is 11.8 Å². The molecular formula is C14H29NS. The van der Waals surface area contributed by atoms with Crippen LogP contribution in [0.4, 0.5) is 0 Å². The van der Waals surface area contributed by atoms with Crippen molar-refractivity contribution < 1.29 is 0 Å². The zero-order valence-electron chi connectivity index (χ0n) is 11.3. The van der Waals surface area contributed by atoms with Crippen LogP contribution < -0.4 is 5.32 Å². The van der Waals surface area contributed by atoms with E-state index in [0.29, 0.717) is 6.04 Å². The van der Waals surface area contributed by atoms with Crippen LogP contribution in [0.3, 0.4) is 0 Å². The molecule has 1 rings (SSSR count). The van der Waals surface area contributed by atoms with E-state index in [1.165, 1.54) is 50.2 Å². The second-order valence-electron chi connectivity index (χ2n) is 5.35. The van der Waals surface area contributed by atoms with Gasteiger partial charge in [-0.15, -0.1) is 0 Å². The molecule has 2 heteroatoms. The minimum Gasteiger partial charge on any atom is -0.314 e. The molecule has 1 saturated carbocycles. The predicted octanol–water partition coefficient (Wildman–Crippen LogP) is 3.93. The quantitative estimate of drug-likeness (QED) is 0.648. The first-order valence-corrected chi connectivity index (χ1v) is 8.20. The summed E-state index contributed by atoms with van der Waals surface area (Å²) in [6.45, 7) is 8.02. The molecular weight excluding hydrogens is 214 g/mol. The fourth-order valence-corrected chi connectivity index (χ4v) is 3.40. The van der Waals surface area contributed by atoms with Crippen molar-refractivity contribution in [1.29, 1.82) is 0 Å². The Hall–Kier alpha value is 0.310. The molecule has 0 aromatic carbocycles. The predicted molar refractivity (Wildman–Crippen MR) is 76.2 cm³/mol. The fraction of sp³-hybridized carbons (Fsp3) is 1.00. The second kappa shape index (κ2) is 8.41. The van der Waals surface area contributed by atoms with Gasteiger partial charge in [0, 0.05) is 6.04 Å². The van der Waals surface area contributed by atoms with Gasteiger partial charge in [0.15, 0.2) is 0 Å². The first-order valence-electron chi connectivity index (χ1n) is 7.05. The van der Waals surface area contributed by atoms with Gasteiger partial charge in [0.25, 0.3) is 0 Å². The van der Waals surface area contributed by atoms with Gasteiger partial charge in [0.1, 0.15) is 0 Å². The summed E-state index contributed by atoms with van der Waals surface area (Å²) < 4.78 is 0. The van der Waals surface area contributed by atoms with Crippen molar-refractivity contribution in [3.05, 3.63) is 0 Å². The zero-order chi connectivity index (χ0) is 11.8. The van der Waals surface area contributed by atoms with Gasteiger partial charge < -0.3 is 5.32 Å². The topological polar surface area (TPSA) is 12.0 Å². The van der Waals surface area contributed by atoms with E-state index in [9.17, 15) is 0 Å². The molecule has 1 aliphatic carbocycles. The molecule has 0 spiro atoms. The van der Waals surface area contributed by atoms with E-state index >= 15 is 0 Å². The Kier molecular flexibility index (Phi) is 7.55. The van der Waals surface area contributed by atoms with Crippen molar-refractivity contribution in [3.63, 3.8) is 0 Å². The maximum atomic E-state index is 3.61. The van der Waals surface area contributed by atoms with E-state index in [1.807, 2.05) is 0 Å². The third-order valence-corrected chi connectivity index (χ3v) is 4.66. The molecule has 0 heterocycles. The van der Waals surface area contributed by atoms with Gasteiger partial charge in [0.05, 0.1) is 0 Å². The summed E-state index contributed by atoms with van der Waals surface area (Å²) >= 11 is 2.10. The lowest BCUT2D eigenvalue weighted by atomic mass is 9.91. The summed E-state index contributed by atoms with van der Waals surface area (Å²) in [6, 6.07) is 0.650. The normalized spacial score (nSPS) is 25.5. The minimum absolute atomic E-state index is 0.650. The third kappa shape index (κ3) is 5.58. The summed E-state index contributed by atoms with van der Waals surface area (Å²) in [5, 5.41) is 3.61. The molecule has 2 atom stereocenters. The highest BCUT2D eigenvalue weighted by molar-refractivity contribution is 7.99. The largest absolute Gasteiger partial charge is 0.314 e. The Labute approximate surface area is 106 Å². The van der Waals surface area contributed by atoms with Gasteiger partial charge >= 0.3 is 0 Å². The molecule has 1 N–H and O–H groups in total. The van der Waals surface area contributed by atoms with Crippen LogP contribution in [-0.4, -0.2) is 24.1 Å². The monoisotopic (exact) mass is 243 g/mol. The molecule has 1 aliphatic rings. The Morgan fingerprint density at radius 3 is 2.69 bits per heavy atom. The van der Waals surface area contributed by atoms with E-state index in [0.717, 1.165) is 11.8 Å². The lowest BCUT2D eigenvalue weighted by molar-refractivity contribution is 0.336. The smallest absolute Gasteiger partial charge is 0.00104 e. The molecule has 0 bridgehead atoms. The van der Waals surface area contributed by atoms with Gasteiger partial charge in [-0.25, -0.2) is 0 Å². The van der Waals surface area contributed by atoms with Gasteiger partial charge in [-0.05, 0) is 49.1 Å². The lowest BCUT2D eigenvalue weighted by Gasteiger charge is -2.21. The molecule has 0 aliphatic heterocycles. The summed E-state index contributed by atoms with van der Waals surface area (Å²) in [5.74, 6) is 4.64. The van der Waals surface area contributed by atoms with E-state index in [-0.39, 0.29) is 0 Å². The lowest BCUT2D eigenvalue weighted by Crippen LogP contribution is -2.30. The highest BCUT2D eigenvalue weighted by atomic mass is 32.2. The summed E-state index contributed by atoms with van der Waals surface area (Å²) in [4.78, 5) is 0. The van der Waals surface area contributed by atoms with Crippen molar-refractivity contribution in [2.45, 2.75) is 58.9 Å². The first kappa shape index (κ1) is 14.4. The molecule has 1 nitrogen and oxygen atoms in total. The average molecular weight is 243 g/mol. The van der Waals surface area contributed by atoms with E-state index in [4.69, 9.17) is 0 Å². The Bertz CT molecular complexity index is 170. The summed E-state index contributed by atoms with van der Waals surface area (Å²) in [6.07, 6.45) is 7.32. The van der Waals surface area contributed by atoms with E-state index < -0.39 is 0 Å². The molecule has 1 fully saturated rings. The molecule has 16 heavy (non-hydrogen) atoms. The van der Waals surface area contributed by atoms with E-state index in [2.05, 4.69) is 37.8 Å². The molecule has 2 unspecified atom stereocenters. The van der Waals surface area contributed by atoms with Crippen LogP contribution in [0.25, 0.3) is 0 Å². The van der Waals surface area contributed by atoms with Crippen LogP contribution in [-0.2, 0) is 0 Å². The van der Waals surface area contributed by atoms with Gasteiger partial charge in [-0.3, -0.25) is 0 Å². The highest BCUT2D eigenvalue weighted by Gasteiger charge is 2.26. The maximum Gasteiger partial charge on any atom is 0.00104 e. The van der Waals surface area contributed by atoms with Crippen molar-refractivity contribution >= 4 is 11.8 Å². The van der Waals surface area contributed by atoms with Gasteiger partial charge in [0.2, 0.25) is 0 Å². The van der Waals surface area contributed by atoms with Crippen molar-refractivity contribution in [1.82, 2.24) is 5.32 Å². The fourth-order valence-electron chi connectivity index (χ4n) is 2.74. The van der Waals surface area contributed by atoms with Crippen LogP contribution in [0, 0.1) is 11.8 Å². The van der Waals surface area contributed by atoms with Gasteiger partial charge in [-0.1, -0.05) is 33.6 Å². The summed E-state index contributed by atoms with van der Waals surface area (Å²) in [7, 11) is 0. The van der Waals surface area contributed by atoms with Crippen molar-refractivity contribution in [3.8, 4) is 0 Å². The Morgan fingerprint density at radius 2 is 2.00 bits per heavy atom. The SMILES string of the molecule is CCSCCCC1CCCC1CNC(C)C. The first-order chi connectivity index (χ1) is 7.74. The van der Waals surface area contributed by atoms with Crippen LogP contribution in [0.1, 0.15) is 52.9 Å². The minimum atomic E-state index is 0.650. The van der Waals surface area contributed by atoms with Crippen LogP contribution >= 0.6 is 11.8 Å². The number of hydrogen-bond acceptors (Lipinski definition) is 2. The number of rotatable bonds is 8. The number of thioether (sulfide) groups is 1. The van der Waals surface area contributed by atoms with Crippen LogP contribution in [0.5, 0.6) is 0 Å². The van der Waals surface area contributed by atoms with Gasteiger partial charge in [-0.2, -0.15) is 11.8 Å². The van der Waals surface area contributed by atoms with Crippen molar-refractivity contribution in [2.75, 3.05) is 18.1 Å². The number of nitrogens with one attached hydrogen (secondary N) is 1. The molecule has 0 saturated heterocycles. The number of hydrogen-bond donors (Lipinski definition) is 1. The Morgan fingerprint density at radius 1 is 1.25 bits per heavy atom. The Balaban J connectivity index is 2.13. The van der Waals surface area contributed by atoms with E-state index in [1.54, 1.807) is 0 Å². The maximum absolute atomic E-state index is 3.61. The molecule has 96 valence electrons. The molecule has 0 aromatic rings.